The number of nitrogens with zero attached hydrogens (tertiary/aromatic N) is 1. The van der Waals surface area contributed by atoms with Gasteiger partial charge in [0.15, 0.2) is 5.78 Å². The first kappa shape index (κ1) is 18.3. The highest BCUT2D eigenvalue weighted by atomic mass is 32.2. The number of carbonyl (C=O) groups excluding carboxylic acids is 2. The molecule has 0 unspecified atom stereocenters. The van der Waals surface area contributed by atoms with E-state index < -0.39 is 10.0 Å². The Kier molecular flexibility index (Phi) is 5.24. The molecule has 0 spiro atoms. The van der Waals surface area contributed by atoms with Crippen molar-refractivity contribution in [2.45, 2.75) is 30.7 Å². The van der Waals surface area contributed by atoms with Crippen molar-refractivity contribution in [1.29, 1.82) is 0 Å². The minimum absolute atomic E-state index is 0.111. The number of amides is 1. The molecule has 1 amide bonds. The Hall–Kier alpha value is -2.45. The van der Waals surface area contributed by atoms with Crippen LogP contribution in [0.5, 0.6) is 0 Å². The smallest absolute Gasteiger partial charge is 0.257 e. The van der Waals surface area contributed by atoms with Crippen LogP contribution in [0.25, 0.3) is 0 Å². The third kappa shape index (κ3) is 4.03. The Morgan fingerprint density at radius 2 is 1.73 bits per heavy atom. The molecule has 2 aromatic rings. The number of likely N-dealkylation sites (tertiary alicyclic amines) is 1. The van der Waals surface area contributed by atoms with E-state index in [1.54, 1.807) is 11.0 Å². The minimum Gasteiger partial charge on any atom is -0.472 e. The van der Waals surface area contributed by atoms with Gasteiger partial charge in [0.25, 0.3) is 5.91 Å². The summed E-state index contributed by atoms with van der Waals surface area (Å²) in [5.74, 6) is -0.226. The second-order valence-corrected chi connectivity index (χ2v) is 7.99. The van der Waals surface area contributed by atoms with Crippen LogP contribution in [0, 0.1) is 0 Å². The van der Waals surface area contributed by atoms with Crippen LogP contribution in [0.2, 0.25) is 0 Å². The summed E-state index contributed by atoms with van der Waals surface area (Å²) in [6, 6.07) is 7.24. The molecule has 1 aliphatic rings. The monoisotopic (exact) mass is 376 g/mol. The van der Waals surface area contributed by atoms with Gasteiger partial charge in [0.05, 0.1) is 16.7 Å². The van der Waals surface area contributed by atoms with E-state index >= 15 is 0 Å². The van der Waals surface area contributed by atoms with E-state index in [4.69, 9.17) is 4.42 Å². The topological polar surface area (TPSA) is 96.7 Å². The molecule has 0 atom stereocenters. The molecule has 1 aromatic heterocycles. The zero-order valence-electron chi connectivity index (χ0n) is 14.3. The van der Waals surface area contributed by atoms with Gasteiger partial charge >= 0.3 is 0 Å². The van der Waals surface area contributed by atoms with Crippen molar-refractivity contribution in [2.75, 3.05) is 13.1 Å². The van der Waals surface area contributed by atoms with Gasteiger partial charge in [0.1, 0.15) is 6.26 Å². The molecule has 8 heteroatoms. The fraction of sp³-hybridized carbons (Fsp3) is 0.333. The molecule has 3 rings (SSSR count). The average molecular weight is 376 g/mol. The van der Waals surface area contributed by atoms with Gasteiger partial charge in [-0.1, -0.05) is 12.1 Å². The molecule has 1 fully saturated rings. The standard InChI is InChI=1S/C18H20N2O5S/c1-13(21)14-2-4-17(5-3-14)26(23,24)19-16-6-9-20(10-7-16)18(22)15-8-11-25-12-15/h2-5,8,11-12,16,19H,6-7,9-10H2,1H3. The Balaban J connectivity index is 1.59. The van der Waals surface area contributed by atoms with Gasteiger partial charge in [-0.2, -0.15) is 0 Å². The van der Waals surface area contributed by atoms with Crippen molar-refractivity contribution in [3.05, 3.63) is 54.0 Å². The molecule has 0 aliphatic carbocycles. The van der Waals surface area contributed by atoms with E-state index in [9.17, 15) is 18.0 Å². The van der Waals surface area contributed by atoms with Crippen LogP contribution in [0.15, 0.2) is 52.2 Å². The molecule has 2 heterocycles. The van der Waals surface area contributed by atoms with Crippen molar-refractivity contribution < 1.29 is 22.4 Å². The maximum Gasteiger partial charge on any atom is 0.257 e. The van der Waals surface area contributed by atoms with Gasteiger partial charge in [-0.25, -0.2) is 13.1 Å². The minimum atomic E-state index is -3.66. The quantitative estimate of drug-likeness (QED) is 0.806. The Bertz CT molecular complexity index is 880. The molecule has 0 radical (unpaired) electrons. The van der Waals surface area contributed by atoms with E-state index in [1.807, 2.05) is 0 Å². The number of hydrogen-bond donors (Lipinski definition) is 1. The summed E-state index contributed by atoms with van der Waals surface area (Å²) in [4.78, 5) is 25.4. The number of sulfonamides is 1. The van der Waals surface area contributed by atoms with Crippen LogP contribution in [-0.2, 0) is 10.0 Å². The Labute approximate surface area is 152 Å². The molecule has 1 aromatic carbocycles. The molecule has 1 aliphatic heterocycles. The number of furan rings is 1. The fourth-order valence-electron chi connectivity index (χ4n) is 2.93. The molecular formula is C18H20N2O5S. The average Bonchev–Trinajstić information content (AvgIpc) is 3.16. The lowest BCUT2D eigenvalue weighted by molar-refractivity contribution is 0.0710. The van der Waals surface area contributed by atoms with Gasteiger partial charge < -0.3 is 9.32 Å². The second kappa shape index (κ2) is 7.43. The van der Waals surface area contributed by atoms with E-state index in [1.165, 1.54) is 43.7 Å². The van der Waals surface area contributed by atoms with Crippen molar-refractivity contribution in [2.24, 2.45) is 0 Å². The number of Topliss-reactive ketones (excluding diaryl/α,β-unsaturated/α-hetero) is 1. The molecular weight excluding hydrogens is 356 g/mol. The zero-order chi connectivity index (χ0) is 18.7. The van der Waals surface area contributed by atoms with Gasteiger partial charge in [-0.15, -0.1) is 0 Å². The first-order valence-electron chi connectivity index (χ1n) is 8.31. The summed E-state index contributed by atoms with van der Waals surface area (Å²) in [7, 11) is -3.66. The number of rotatable bonds is 5. The lowest BCUT2D eigenvalue weighted by Crippen LogP contribution is -2.46. The van der Waals surface area contributed by atoms with E-state index in [-0.39, 0.29) is 22.6 Å². The molecule has 7 nitrogen and oxygen atoms in total. The molecule has 0 bridgehead atoms. The van der Waals surface area contributed by atoms with Crippen LogP contribution >= 0.6 is 0 Å². The van der Waals surface area contributed by atoms with E-state index in [2.05, 4.69) is 4.72 Å². The molecule has 0 saturated carbocycles. The molecule has 1 saturated heterocycles. The van der Waals surface area contributed by atoms with Crippen molar-refractivity contribution in [3.8, 4) is 0 Å². The Morgan fingerprint density at radius 1 is 1.08 bits per heavy atom. The molecule has 26 heavy (non-hydrogen) atoms. The predicted octanol–water partition coefficient (Wildman–Crippen LogP) is 2.07. The third-order valence-corrected chi connectivity index (χ3v) is 5.98. The summed E-state index contributed by atoms with van der Waals surface area (Å²) in [6.45, 7) is 2.38. The first-order chi connectivity index (χ1) is 12.4. The van der Waals surface area contributed by atoms with Crippen LogP contribution in [0.3, 0.4) is 0 Å². The van der Waals surface area contributed by atoms with Crippen molar-refractivity contribution in [3.63, 3.8) is 0 Å². The molecule has 1 N–H and O–H groups in total. The van der Waals surface area contributed by atoms with Crippen LogP contribution in [0.4, 0.5) is 0 Å². The largest absolute Gasteiger partial charge is 0.472 e. The maximum atomic E-state index is 12.5. The summed E-state index contributed by atoms with van der Waals surface area (Å²) < 4.78 is 32.6. The van der Waals surface area contributed by atoms with Gasteiger partial charge in [0.2, 0.25) is 10.0 Å². The third-order valence-electron chi connectivity index (χ3n) is 4.44. The molecule has 138 valence electrons. The highest BCUT2D eigenvalue weighted by molar-refractivity contribution is 7.89. The summed E-state index contributed by atoms with van der Waals surface area (Å²) >= 11 is 0. The van der Waals surface area contributed by atoms with E-state index in [0.717, 1.165) is 0 Å². The Morgan fingerprint density at radius 3 is 2.27 bits per heavy atom. The normalized spacial score (nSPS) is 15.8. The SMILES string of the molecule is CC(=O)c1ccc(S(=O)(=O)NC2CCN(C(=O)c3ccoc3)CC2)cc1. The number of benzene rings is 1. The van der Waals surface area contributed by atoms with Crippen molar-refractivity contribution >= 4 is 21.7 Å². The van der Waals surface area contributed by atoms with Crippen LogP contribution in [-0.4, -0.2) is 44.1 Å². The predicted molar refractivity (Wildman–Crippen MR) is 94.4 cm³/mol. The lowest BCUT2D eigenvalue weighted by Gasteiger charge is -2.32. The summed E-state index contributed by atoms with van der Waals surface area (Å²) in [5.41, 5.74) is 0.963. The first-order valence-corrected chi connectivity index (χ1v) is 9.80. The second-order valence-electron chi connectivity index (χ2n) is 6.28. The number of carbonyl (C=O) groups is 2. The van der Waals surface area contributed by atoms with Crippen LogP contribution < -0.4 is 4.72 Å². The number of nitrogens with one attached hydrogen (secondary N) is 1. The summed E-state index contributed by atoms with van der Waals surface area (Å²) in [6.07, 6.45) is 3.93. The van der Waals surface area contributed by atoms with Gasteiger partial charge in [0, 0.05) is 24.7 Å². The number of piperidine rings is 1. The lowest BCUT2D eigenvalue weighted by atomic mass is 10.1. The highest BCUT2D eigenvalue weighted by Crippen LogP contribution is 2.17. The number of ketones is 1. The maximum absolute atomic E-state index is 12.5. The van der Waals surface area contributed by atoms with Crippen molar-refractivity contribution in [1.82, 2.24) is 9.62 Å². The number of hydrogen-bond acceptors (Lipinski definition) is 5. The highest BCUT2D eigenvalue weighted by Gasteiger charge is 2.27. The zero-order valence-corrected chi connectivity index (χ0v) is 15.2. The van der Waals surface area contributed by atoms with Gasteiger partial charge in [-0.3, -0.25) is 9.59 Å². The van der Waals surface area contributed by atoms with E-state index in [0.29, 0.717) is 37.1 Å². The van der Waals surface area contributed by atoms with Gasteiger partial charge in [-0.05, 0) is 38.0 Å². The summed E-state index contributed by atoms with van der Waals surface area (Å²) in [5, 5.41) is 0. The van der Waals surface area contributed by atoms with Crippen LogP contribution in [0.1, 0.15) is 40.5 Å². The fourth-order valence-corrected chi connectivity index (χ4v) is 4.23.